The number of imide groups is 1. The smallest absolute Gasteiger partial charge is 0.416 e. The zero-order valence-corrected chi connectivity index (χ0v) is 12.0. The normalized spacial score (nSPS) is 10.9. The zero-order chi connectivity index (χ0) is 14.5. The number of hydrogen-bond acceptors (Lipinski definition) is 3. The Balaban J connectivity index is 2.55. The Kier molecular flexibility index (Phi) is 5.10. The fourth-order valence-electron chi connectivity index (χ4n) is 1.51. The van der Waals surface area contributed by atoms with E-state index < -0.39 is 11.7 Å². The van der Waals surface area contributed by atoms with E-state index in [1.165, 1.54) is 5.56 Å². The van der Waals surface area contributed by atoms with Gasteiger partial charge >= 0.3 is 6.09 Å². The van der Waals surface area contributed by atoms with Gasteiger partial charge in [-0.2, -0.15) is 0 Å². The second-order valence-corrected chi connectivity index (χ2v) is 5.51. The third-order valence-corrected chi connectivity index (χ3v) is 2.52. The molecule has 1 aromatic carbocycles. The van der Waals surface area contributed by atoms with Crippen molar-refractivity contribution in [1.82, 2.24) is 4.90 Å². The molecule has 0 heterocycles. The average Bonchev–Trinajstić information content (AvgIpc) is 2.30. The van der Waals surface area contributed by atoms with Crippen LogP contribution in [0, 0.1) is 6.92 Å². The Morgan fingerprint density at radius 1 is 1.26 bits per heavy atom. The molecular formula is C15H21NO3. The number of carbonyl (C=O) groups is 2. The van der Waals surface area contributed by atoms with Gasteiger partial charge in [0.15, 0.2) is 0 Å². The fraction of sp³-hybridized carbons (Fsp3) is 0.467. The van der Waals surface area contributed by atoms with Gasteiger partial charge in [0, 0.05) is 6.54 Å². The van der Waals surface area contributed by atoms with Gasteiger partial charge in [-0.15, -0.1) is 0 Å². The predicted molar refractivity (Wildman–Crippen MR) is 73.9 cm³/mol. The van der Waals surface area contributed by atoms with Crippen LogP contribution in [0.2, 0.25) is 0 Å². The maximum Gasteiger partial charge on any atom is 0.416 e. The van der Waals surface area contributed by atoms with Crippen molar-refractivity contribution in [3.8, 4) is 0 Å². The van der Waals surface area contributed by atoms with E-state index in [0.29, 0.717) is 19.4 Å². The maximum atomic E-state index is 11.7. The molecule has 0 aromatic heterocycles. The third-order valence-electron chi connectivity index (χ3n) is 2.52. The first-order valence-electron chi connectivity index (χ1n) is 6.32. The van der Waals surface area contributed by atoms with E-state index in [0.717, 1.165) is 10.5 Å². The van der Waals surface area contributed by atoms with Crippen molar-refractivity contribution < 1.29 is 14.3 Å². The van der Waals surface area contributed by atoms with E-state index in [-0.39, 0.29) is 0 Å². The van der Waals surface area contributed by atoms with E-state index in [2.05, 4.69) is 0 Å². The molecule has 1 aromatic rings. The van der Waals surface area contributed by atoms with Crippen molar-refractivity contribution in [2.45, 2.75) is 39.7 Å². The highest BCUT2D eigenvalue weighted by molar-refractivity contribution is 5.80. The number of aryl methyl sites for hydroxylation is 1. The van der Waals surface area contributed by atoms with Gasteiger partial charge < -0.3 is 4.74 Å². The molecule has 0 bridgehead atoms. The second kappa shape index (κ2) is 6.36. The van der Waals surface area contributed by atoms with Crippen molar-refractivity contribution in [2.75, 3.05) is 6.54 Å². The van der Waals surface area contributed by atoms with Gasteiger partial charge in [0.2, 0.25) is 6.41 Å². The third kappa shape index (κ3) is 5.55. The lowest BCUT2D eigenvalue weighted by atomic mass is 10.1. The van der Waals surface area contributed by atoms with Crippen LogP contribution in [0.1, 0.15) is 31.9 Å². The topological polar surface area (TPSA) is 46.6 Å². The van der Waals surface area contributed by atoms with Crippen LogP contribution in [0.3, 0.4) is 0 Å². The SMILES string of the molecule is Cc1ccc(CCN(C=O)C(=O)OC(C)(C)C)cc1. The summed E-state index contributed by atoms with van der Waals surface area (Å²) < 4.78 is 5.15. The first-order chi connectivity index (χ1) is 8.81. The van der Waals surface area contributed by atoms with Crippen LogP contribution < -0.4 is 0 Å². The molecule has 0 aliphatic heterocycles. The minimum Gasteiger partial charge on any atom is -0.443 e. The van der Waals surface area contributed by atoms with Crippen LogP contribution in [0.5, 0.6) is 0 Å². The molecular weight excluding hydrogens is 242 g/mol. The first-order valence-corrected chi connectivity index (χ1v) is 6.32. The lowest BCUT2D eigenvalue weighted by Gasteiger charge is -2.23. The van der Waals surface area contributed by atoms with Crippen molar-refractivity contribution in [1.29, 1.82) is 0 Å². The molecule has 0 atom stereocenters. The minimum atomic E-state index is -0.602. The number of benzene rings is 1. The Bertz CT molecular complexity index is 432. The molecule has 0 saturated heterocycles. The highest BCUT2D eigenvalue weighted by Gasteiger charge is 2.21. The lowest BCUT2D eigenvalue weighted by Crippen LogP contribution is -2.37. The van der Waals surface area contributed by atoms with Crippen LogP contribution in [-0.4, -0.2) is 29.5 Å². The summed E-state index contributed by atoms with van der Waals surface area (Å²) in [6.45, 7) is 7.65. The van der Waals surface area contributed by atoms with Crippen molar-refractivity contribution in [3.05, 3.63) is 35.4 Å². The van der Waals surface area contributed by atoms with Crippen LogP contribution in [0.4, 0.5) is 4.79 Å². The lowest BCUT2D eigenvalue weighted by molar-refractivity contribution is -0.117. The molecule has 2 amide bonds. The van der Waals surface area contributed by atoms with E-state index in [1.54, 1.807) is 20.8 Å². The molecule has 0 aliphatic carbocycles. The van der Waals surface area contributed by atoms with Gasteiger partial charge in [-0.1, -0.05) is 29.8 Å². The average molecular weight is 263 g/mol. The number of amides is 2. The van der Waals surface area contributed by atoms with E-state index in [4.69, 9.17) is 4.74 Å². The van der Waals surface area contributed by atoms with E-state index in [1.807, 2.05) is 31.2 Å². The molecule has 1 rings (SSSR count). The van der Waals surface area contributed by atoms with Gasteiger partial charge in [-0.25, -0.2) is 9.69 Å². The number of nitrogens with zero attached hydrogens (tertiary/aromatic N) is 1. The largest absolute Gasteiger partial charge is 0.443 e. The Hall–Kier alpha value is -1.84. The molecule has 0 unspecified atom stereocenters. The summed E-state index contributed by atoms with van der Waals surface area (Å²) in [7, 11) is 0. The summed E-state index contributed by atoms with van der Waals surface area (Å²) in [6, 6.07) is 8.00. The maximum absolute atomic E-state index is 11.7. The van der Waals surface area contributed by atoms with Crippen LogP contribution in [0.15, 0.2) is 24.3 Å². The number of ether oxygens (including phenoxy) is 1. The molecule has 0 N–H and O–H groups in total. The molecule has 0 radical (unpaired) electrons. The second-order valence-electron chi connectivity index (χ2n) is 5.51. The number of rotatable bonds is 4. The number of carbonyl (C=O) groups excluding carboxylic acids is 2. The molecule has 0 saturated carbocycles. The summed E-state index contributed by atoms with van der Waals surface area (Å²) >= 11 is 0. The van der Waals surface area contributed by atoms with Gasteiger partial charge in [0.1, 0.15) is 5.60 Å². The minimum absolute atomic E-state index is 0.321. The van der Waals surface area contributed by atoms with Crippen LogP contribution >= 0.6 is 0 Å². The Morgan fingerprint density at radius 3 is 2.32 bits per heavy atom. The summed E-state index contributed by atoms with van der Waals surface area (Å²) in [6.07, 6.45) is 0.537. The standard InChI is InChI=1S/C15H21NO3/c1-12-5-7-13(8-6-12)9-10-16(11-17)14(18)19-15(2,3)4/h5-8,11H,9-10H2,1-4H3. The van der Waals surface area contributed by atoms with Crippen molar-refractivity contribution >= 4 is 12.5 Å². The molecule has 19 heavy (non-hydrogen) atoms. The Morgan fingerprint density at radius 2 is 1.84 bits per heavy atom. The molecule has 4 heteroatoms. The summed E-state index contributed by atoms with van der Waals surface area (Å²) in [5.41, 5.74) is 1.67. The van der Waals surface area contributed by atoms with Crippen LogP contribution in [0.25, 0.3) is 0 Å². The zero-order valence-electron chi connectivity index (χ0n) is 12.0. The highest BCUT2D eigenvalue weighted by Crippen LogP contribution is 2.10. The van der Waals surface area contributed by atoms with E-state index >= 15 is 0 Å². The van der Waals surface area contributed by atoms with Gasteiger partial charge in [-0.05, 0) is 39.7 Å². The van der Waals surface area contributed by atoms with Gasteiger partial charge in [0.25, 0.3) is 0 Å². The van der Waals surface area contributed by atoms with Crippen molar-refractivity contribution in [2.24, 2.45) is 0 Å². The summed E-state index contributed by atoms with van der Waals surface area (Å²) in [4.78, 5) is 23.7. The molecule has 0 aliphatic rings. The Labute approximate surface area is 114 Å². The predicted octanol–water partition coefficient (Wildman–Crippen LogP) is 2.93. The molecule has 4 nitrogen and oxygen atoms in total. The van der Waals surface area contributed by atoms with Crippen molar-refractivity contribution in [3.63, 3.8) is 0 Å². The van der Waals surface area contributed by atoms with Gasteiger partial charge in [-0.3, -0.25) is 4.79 Å². The number of hydrogen-bond donors (Lipinski definition) is 0. The van der Waals surface area contributed by atoms with Crippen LogP contribution in [-0.2, 0) is 16.0 Å². The van der Waals surface area contributed by atoms with E-state index in [9.17, 15) is 9.59 Å². The molecule has 104 valence electrons. The van der Waals surface area contributed by atoms with Gasteiger partial charge in [0.05, 0.1) is 0 Å². The summed E-state index contributed by atoms with van der Waals surface area (Å²) in [5.74, 6) is 0. The monoisotopic (exact) mass is 263 g/mol. The summed E-state index contributed by atoms with van der Waals surface area (Å²) in [5, 5.41) is 0. The highest BCUT2D eigenvalue weighted by atomic mass is 16.6. The first kappa shape index (κ1) is 15.2. The molecule has 0 fully saturated rings. The molecule has 0 spiro atoms. The quantitative estimate of drug-likeness (QED) is 0.785. The fourth-order valence-corrected chi connectivity index (χ4v) is 1.51.